The van der Waals surface area contributed by atoms with Crippen molar-refractivity contribution in [1.29, 1.82) is 15.8 Å². The van der Waals surface area contributed by atoms with E-state index in [4.69, 9.17) is 20.9 Å². The van der Waals surface area contributed by atoms with E-state index in [1.165, 1.54) is 0 Å². The van der Waals surface area contributed by atoms with Crippen molar-refractivity contribution in [2.75, 3.05) is 6.61 Å². The van der Waals surface area contributed by atoms with Gasteiger partial charge in [-0.3, -0.25) is 24.0 Å². The summed E-state index contributed by atoms with van der Waals surface area (Å²) in [6, 6.07) is 9.49. The van der Waals surface area contributed by atoms with Crippen LogP contribution in [0.5, 0.6) is 0 Å². The molecule has 2 rings (SSSR count). The van der Waals surface area contributed by atoms with Gasteiger partial charge >= 0.3 is 0 Å². The van der Waals surface area contributed by atoms with Crippen molar-refractivity contribution < 1.29 is 19.5 Å². The molecule has 0 unspecified atom stereocenters. The van der Waals surface area contributed by atoms with E-state index in [1.807, 2.05) is 149 Å². The molecule has 0 atom stereocenters. The number of aromatic amines is 2. The minimum atomic E-state index is -0.572. The third kappa shape index (κ3) is 23.4. The number of nitriles is 3. The lowest BCUT2D eigenvalue weighted by molar-refractivity contribution is -0.135. The summed E-state index contributed by atoms with van der Waals surface area (Å²) in [4.78, 5) is 62.0. The molecule has 0 bridgehead atoms. The monoisotopic (exact) mass is 811 g/mol. The minimum Gasteiger partial charge on any atom is -0.397 e. The zero-order valence-electron chi connectivity index (χ0n) is 37.7. The first-order valence-electron chi connectivity index (χ1n) is 18.6. The molecule has 0 spiro atoms. The second kappa shape index (κ2) is 24.8. The van der Waals surface area contributed by atoms with Gasteiger partial charge in [0.2, 0.25) is 5.91 Å². The number of nitrogens with two attached hydrogens (primary N) is 1. The van der Waals surface area contributed by atoms with E-state index in [9.17, 15) is 24.0 Å². The standard InChI is InChI=1S/2C14H20N2O.C11H20O2.C3H4N2O.C2H6O.2CH4/c2*1-13(2,3)10-7-11(14(4,5)6)16-12(17)9(10)8-15;1-10(2,3)8(12)7-9(13)11(4,5)6;4-2-1-3(5)6;1-2-3;;/h2*7H,1-6H3,(H,16,17);7H2,1-6H3;1H2,(H2,5,6);3H,2H2,1H3;2*1H4. The van der Waals surface area contributed by atoms with Gasteiger partial charge in [0.1, 0.15) is 41.3 Å². The van der Waals surface area contributed by atoms with E-state index in [2.05, 4.69) is 15.7 Å². The number of primary amides is 1. The maximum atomic E-state index is 11.9. The molecular weight excluding hydrogens is 733 g/mol. The summed E-state index contributed by atoms with van der Waals surface area (Å²) in [6.07, 6.45) is -0.118. The quantitative estimate of drug-likeness (QED) is 0.216. The van der Waals surface area contributed by atoms with Gasteiger partial charge in [-0.05, 0) is 41.0 Å². The molecule has 0 saturated carbocycles. The molecule has 2 aromatic rings. The lowest BCUT2D eigenvalue weighted by Crippen LogP contribution is -2.28. The Morgan fingerprint density at radius 2 is 0.862 bits per heavy atom. The Balaban J connectivity index is -0.000000217. The highest BCUT2D eigenvalue weighted by molar-refractivity contribution is 6.03. The van der Waals surface area contributed by atoms with Gasteiger partial charge in [-0.15, -0.1) is 0 Å². The number of aliphatic hydroxyl groups is 1. The Hall–Kier alpha value is -4.86. The van der Waals surface area contributed by atoms with E-state index in [0.717, 1.165) is 22.5 Å². The smallest absolute Gasteiger partial charge is 0.266 e. The molecule has 0 saturated heterocycles. The summed E-state index contributed by atoms with van der Waals surface area (Å²) >= 11 is 0. The molecule has 0 aliphatic heterocycles. The van der Waals surface area contributed by atoms with Crippen molar-refractivity contribution in [2.45, 2.75) is 181 Å². The summed E-state index contributed by atoms with van der Waals surface area (Å²) < 4.78 is 0. The van der Waals surface area contributed by atoms with Crippen molar-refractivity contribution in [3.63, 3.8) is 0 Å². The average Bonchev–Trinajstić information content (AvgIpc) is 2.98. The molecule has 12 heteroatoms. The number of rotatable bonds is 3. The first kappa shape index (κ1) is 62.3. The van der Waals surface area contributed by atoms with Crippen LogP contribution in [0, 0.1) is 44.8 Å². The Morgan fingerprint density at radius 1 is 0.603 bits per heavy atom. The van der Waals surface area contributed by atoms with E-state index < -0.39 is 16.7 Å². The highest BCUT2D eigenvalue weighted by Crippen LogP contribution is 2.29. The predicted molar refractivity (Wildman–Crippen MR) is 238 cm³/mol. The first-order valence-corrected chi connectivity index (χ1v) is 18.6. The van der Waals surface area contributed by atoms with Crippen LogP contribution in [-0.4, -0.2) is 39.2 Å². The number of hydrogen-bond donors (Lipinski definition) is 4. The third-order valence-electron chi connectivity index (χ3n) is 7.77. The first-order chi connectivity index (χ1) is 24.9. The Labute approximate surface area is 350 Å². The van der Waals surface area contributed by atoms with Crippen molar-refractivity contribution >= 4 is 17.5 Å². The molecule has 2 aromatic heterocycles. The summed E-state index contributed by atoms with van der Waals surface area (Å²) in [5.74, 6) is -0.530. The van der Waals surface area contributed by atoms with E-state index in [0.29, 0.717) is 0 Å². The molecule has 0 fully saturated rings. The molecule has 5 N–H and O–H groups in total. The minimum absolute atomic E-state index is 0. The summed E-state index contributed by atoms with van der Waals surface area (Å²) in [5, 5.41) is 33.4. The molecule has 0 aliphatic rings. The normalized spacial score (nSPS) is 11.1. The molecule has 2 heterocycles. The summed E-state index contributed by atoms with van der Waals surface area (Å²) in [7, 11) is 0. The number of aromatic nitrogens is 2. The van der Waals surface area contributed by atoms with Crippen molar-refractivity contribution in [1.82, 2.24) is 9.97 Å². The summed E-state index contributed by atoms with van der Waals surface area (Å²) in [6.45, 7) is 37.2. The molecule has 58 heavy (non-hydrogen) atoms. The number of H-pyrrole nitrogens is 2. The number of carbonyl (C=O) groups is 3. The zero-order valence-corrected chi connectivity index (χ0v) is 37.7. The van der Waals surface area contributed by atoms with Crippen LogP contribution >= 0.6 is 0 Å². The fraction of sp³-hybridized carbons (Fsp3) is 0.652. The number of ketones is 2. The van der Waals surface area contributed by atoms with E-state index >= 15 is 0 Å². The number of amides is 1. The second-order valence-electron chi connectivity index (χ2n) is 19.5. The van der Waals surface area contributed by atoms with Crippen LogP contribution in [0.4, 0.5) is 0 Å². The lowest BCUT2D eigenvalue weighted by atomic mass is 9.81. The molecule has 1 amide bonds. The van der Waals surface area contributed by atoms with Gasteiger partial charge in [0.25, 0.3) is 11.1 Å². The fourth-order valence-electron chi connectivity index (χ4n) is 4.09. The van der Waals surface area contributed by atoms with Gasteiger partial charge in [-0.2, -0.15) is 15.8 Å². The van der Waals surface area contributed by atoms with Crippen LogP contribution in [0.15, 0.2) is 21.7 Å². The van der Waals surface area contributed by atoms with Crippen LogP contribution < -0.4 is 16.9 Å². The molecule has 0 radical (unpaired) electrons. The maximum absolute atomic E-state index is 11.9. The number of Topliss-reactive ketones (excluding diaryl/α,β-unsaturated/α-hetero) is 2. The molecule has 0 aliphatic carbocycles. The van der Waals surface area contributed by atoms with Gasteiger partial charge in [-0.1, -0.05) is 139 Å². The second-order valence-corrected chi connectivity index (χ2v) is 19.5. The maximum Gasteiger partial charge on any atom is 0.266 e. The van der Waals surface area contributed by atoms with Gasteiger partial charge < -0.3 is 20.8 Å². The zero-order chi connectivity index (χ0) is 45.4. The topological polar surface area (TPSA) is 235 Å². The third-order valence-corrected chi connectivity index (χ3v) is 7.77. The average molecular weight is 811 g/mol. The molecule has 328 valence electrons. The van der Waals surface area contributed by atoms with E-state index in [-0.39, 0.29) is 89.8 Å². The Bertz CT molecular complexity index is 1750. The van der Waals surface area contributed by atoms with E-state index in [1.54, 1.807) is 13.0 Å². The number of nitrogens with zero attached hydrogens (tertiary/aromatic N) is 3. The largest absolute Gasteiger partial charge is 0.397 e. The fourth-order valence-corrected chi connectivity index (χ4v) is 4.09. The predicted octanol–water partition coefficient (Wildman–Crippen LogP) is 8.95. The highest BCUT2D eigenvalue weighted by Gasteiger charge is 2.29. The lowest BCUT2D eigenvalue weighted by Gasteiger charge is -2.25. The molecule has 12 nitrogen and oxygen atoms in total. The summed E-state index contributed by atoms with van der Waals surface area (Å²) in [5.41, 5.74) is 6.30. The number of nitrogens with one attached hydrogen (secondary N) is 2. The van der Waals surface area contributed by atoms with Gasteiger partial charge in [0.15, 0.2) is 0 Å². The molecule has 0 aromatic carbocycles. The van der Waals surface area contributed by atoms with Gasteiger partial charge in [-0.25, -0.2) is 0 Å². The van der Waals surface area contributed by atoms with Crippen molar-refractivity contribution in [2.24, 2.45) is 16.6 Å². The highest BCUT2D eigenvalue weighted by atomic mass is 16.2. The van der Waals surface area contributed by atoms with Gasteiger partial charge in [0.05, 0.1) is 12.5 Å². The number of pyridine rings is 2. The Morgan fingerprint density at radius 3 is 1.00 bits per heavy atom. The van der Waals surface area contributed by atoms with Crippen LogP contribution in [0.2, 0.25) is 0 Å². The number of aliphatic hydroxyl groups excluding tert-OH is 1. The number of hydrogen-bond acceptors (Lipinski definition) is 9. The van der Waals surface area contributed by atoms with Crippen LogP contribution in [-0.2, 0) is 36.0 Å². The van der Waals surface area contributed by atoms with Crippen molar-refractivity contribution in [3.8, 4) is 18.2 Å². The Kier molecular flexibility index (Phi) is 26.7. The number of carbonyl (C=O) groups excluding carboxylic acids is 3. The van der Waals surface area contributed by atoms with Crippen molar-refractivity contribution in [3.05, 3.63) is 66.5 Å². The van der Waals surface area contributed by atoms with Gasteiger partial charge in [0, 0.05) is 39.7 Å². The SMILES string of the molecule is C.C.CC(C)(C)C(=O)CC(=O)C(C)(C)C.CC(C)(C)c1cc(C(C)(C)C)c(C#N)c(=O)[nH]1.CC(C)(C)c1cc(C(C)(C)C)c(C#N)c(=O)[nH]1.CCO.N#CCC(N)=O. The van der Waals surface area contributed by atoms with Crippen LogP contribution in [0.25, 0.3) is 0 Å². The van der Waals surface area contributed by atoms with Crippen LogP contribution in [0.1, 0.15) is 193 Å². The van der Waals surface area contributed by atoms with Crippen LogP contribution in [0.3, 0.4) is 0 Å². The molecular formula is C46H78N6O6.